The van der Waals surface area contributed by atoms with Crippen LogP contribution in [0.3, 0.4) is 0 Å². The van der Waals surface area contributed by atoms with Crippen molar-refractivity contribution in [2.45, 2.75) is 0 Å². The van der Waals surface area contributed by atoms with Gasteiger partial charge in [-0.1, -0.05) is 11.6 Å². The first kappa shape index (κ1) is 19.8. The first-order valence-electron chi connectivity index (χ1n) is 9.23. The molecule has 1 aliphatic rings. The van der Waals surface area contributed by atoms with Crippen LogP contribution in [0, 0.1) is 0 Å². The molecule has 1 saturated heterocycles. The number of rotatable bonds is 3. The number of carbonyl (C=O) groups excluding carboxylic acids is 1. The van der Waals surface area contributed by atoms with Crippen molar-refractivity contribution < 1.29 is 4.79 Å². The van der Waals surface area contributed by atoms with Gasteiger partial charge in [0.2, 0.25) is 11.6 Å². The Labute approximate surface area is 176 Å². The predicted octanol–water partition coefficient (Wildman–Crippen LogP) is 0.337. The third-order valence-electron chi connectivity index (χ3n) is 4.85. The van der Waals surface area contributed by atoms with E-state index in [-0.39, 0.29) is 5.69 Å². The third kappa shape index (κ3) is 3.69. The van der Waals surface area contributed by atoms with Crippen molar-refractivity contribution in [2.24, 2.45) is 7.05 Å². The number of benzene rings is 1. The Morgan fingerprint density at radius 1 is 1.00 bits per heavy atom. The molecule has 10 nitrogen and oxygen atoms in total. The van der Waals surface area contributed by atoms with E-state index in [1.54, 1.807) is 47.6 Å². The highest BCUT2D eigenvalue weighted by Gasteiger charge is 2.27. The summed E-state index contributed by atoms with van der Waals surface area (Å²) >= 11 is 5.90. The number of hydrogen-bond donors (Lipinski definition) is 0. The van der Waals surface area contributed by atoms with Gasteiger partial charge < -0.3 is 9.80 Å². The SMILES string of the molecule is Cn1c(=O)c(C(=O)N2CCN(c3ncccn3)CC2)nn(-c2ccc(Cl)cc2)c1=O. The van der Waals surface area contributed by atoms with Crippen LogP contribution in [-0.2, 0) is 7.05 Å². The minimum atomic E-state index is -0.732. The normalized spacial score (nSPS) is 14.1. The summed E-state index contributed by atoms with van der Waals surface area (Å²) in [5.74, 6) is 0.0712. The Morgan fingerprint density at radius 3 is 2.27 bits per heavy atom. The molecule has 1 aromatic carbocycles. The minimum Gasteiger partial charge on any atom is -0.337 e. The summed E-state index contributed by atoms with van der Waals surface area (Å²) in [7, 11) is 1.32. The van der Waals surface area contributed by atoms with Crippen molar-refractivity contribution in [3.05, 3.63) is 74.3 Å². The van der Waals surface area contributed by atoms with Crippen molar-refractivity contribution >= 4 is 23.5 Å². The summed E-state index contributed by atoms with van der Waals surface area (Å²) < 4.78 is 1.90. The number of carbonyl (C=O) groups is 1. The average molecular weight is 428 g/mol. The van der Waals surface area contributed by atoms with Crippen LogP contribution in [0.5, 0.6) is 0 Å². The maximum absolute atomic E-state index is 13.0. The molecule has 0 radical (unpaired) electrons. The van der Waals surface area contributed by atoms with Gasteiger partial charge in [-0.15, -0.1) is 0 Å². The Bertz CT molecular complexity index is 1180. The average Bonchev–Trinajstić information content (AvgIpc) is 2.79. The molecule has 4 rings (SSSR count). The third-order valence-corrected chi connectivity index (χ3v) is 5.10. The molecule has 30 heavy (non-hydrogen) atoms. The molecular formula is C19H18ClN7O3. The van der Waals surface area contributed by atoms with Crippen LogP contribution in [0.1, 0.15) is 10.5 Å². The fraction of sp³-hybridized carbons (Fsp3) is 0.263. The number of amides is 1. The summed E-state index contributed by atoms with van der Waals surface area (Å²) in [4.78, 5) is 50.1. The molecule has 0 saturated carbocycles. The summed E-state index contributed by atoms with van der Waals surface area (Å²) in [5.41, 5.74) is -1.29. The molecule has 1 aliphatic heterocycles. The van der Waals surface area contributed by atoms with Gasteiger partial charge in [-0.3, -0.25) is 14.2 Å². The van der Waals surface area contributed by atoms with Crippen LogP contribution in [0.25, 0.3) is 5.69 Å². The second-order valence-electron chi connectivity index (χ2n) is 6.71. The van der Waals surface area contributed by atoms with Gasteiger partial charge in [-0.2, -0.15) is 9.78 Å². The maximum atomic E-state index is 13.0. The Hall–Kier alpha value is -3.53. The lowest BCUT2D eigenvalue weighted by Gasteiger charge is -2.34. The van der Waals surface area contributed by atoms with Crippen molar-refractivity contribution in [2.75, 3.05) is 31.1 Å². The fourth-order valence-electron chi connectivity index (χ4n) is 3.17. The van der Waals surface area contributed by atoms with Gasteiger partial charge >= 0.3 is 5.69 Å². The second kappa shape index (κ2) is 8.07. The molecular weight excluding hydrogens is 410 g/mol. The Balaban J connectivity index is 1.61. The maximum Gasteiger partial charge on any atom is 0.351 e. The minimum absolute atomic E-state index is 0.309. The molecule has 1 fully saturated rings. The number of hydrogen-bond acceptors (Lipinski definition) is 7. The zero-order chi connectivity index (χ0) is 21.3. The molecule has 11 heteroatoms. The number of anilines is 1. The van der Waals surface area contributed by atoms with Crippen molar-refractivity contribution in [1.82, 2.24) is 29.2 Å². The first-order valence-corrected chi connectivity index (χ1v) is 9.61. The van der Waals surface area contributed by atoms with Gasteiger partial charge in [-0.25, -0.2) is 14.8 Å². The number of nitrogens with zero attached hydrogens (tertiary/aromatic N) is 7. The number of piperazine rings is 1. The summed E-state index contributed by atoms with van der Waals surface area (Å²) in [5, 5.41) is 4.58. The van der Waals surface area contributed by atoms with Crippen molar-refractivity contribution in [3.63, 3.8) is 0 Å². The molecule has 3 aromatic rings. The molecule has 0 N–H and O–H groups in total. The summed E-state index contributed by atoms with van der Waals surface area (Å²) in [6, 6.07) is 8.12. The van der Waals surface area contributed by atoms with E-state index in [0.29, 0.717) is 42.8 Å². The molecule has 0 spiro atoms. The quantitative estimate of drug-likeness (QED) is 0.593. The lowest BCUT2D eigenvalue weighted by atomic mass is 10.3. The fourth-order valence-corrected chi connectivity index (χ4v) is 3.30. The molecule has 154 valence electrons. The Morgan fingerprint density at radius 2 is 1.63 bits per heavy atom. The van der Waals surface area contributed by atoms with Crippen molar-refractivity contribution in [3.8, 4) is 5.69 Å². The van der Waals surface area contributed by atoms with E-state index in [1.807, 2.05) is 4.90 Å². The van der Waals surface area contributed by atoms with Gasteiger partial charge in [0.1, 0.15) is 0 Å². The number of halogens is 1. The van der Waals surface area contributed by atoms with Crippen molar-refractivity contribution in [1.29, 1.82) is 0 Å². The zero-order valence-corrected chi connectivity index (χ0v) is 16.9. The van der Waals surface area contributed by atoms with E-state index in [0.717, 1.165) is 9.25 Å². The van der Waals surface area contributed by atoms with Gasteiger partial charge in [0, 0.05) is 50.6 Å². The smallest absolute Gasteiger partial charge is 0.337 e. The monoisotopic (exact) mass is 427 g/mol. The lowest BCUT2D eigenvalue weighted by Crippen LogP contribution is -2.52. The second-order valence-corrected chi connectivity index (χ2v) is 7.15. The highest BCUT2D eigenvalue weighted by atomic mass is 35.5. The van der Waals surface area contributed by atoms with E-state index in [4.69, 9.17) is 11.6 Å². The van der Waals surface area contributed by atoms with Crippen LogP contribution in [0.4, 0.5) is 5.95 Å². The molecule has 0 unspecified atom stereocenters. The van der Waals surface area contributed by atoms with Gasteiger partial charge in [0.15, 0.2) is 0 Å². The summed E-state index contributed by atoms with van der Waals surface area (Å²) in [6.07, 6.45) is 3.32. The van der Waals surface area contributed by atoms with Crippen LogP contribution in [-0.4, -0.2) is 61.3 Å². The lowest BCUT2D eigenvalue weighted by molar-refractivity contribution is 0.0735. The van der Waals surface area contributed by atoms with Gasteiger partial charge in [-0.05, 0) is 30.3 Å². The van der Waals surface area contributed by atoms with Crippen LogP contribution < -0.4 is 16.1 Å². The predicted molar refractivity (Wildman–Crippen MR) is 110 cm³/mol. The highest BCUT2D eigenvalue weighted by Crippen LogP contribution is 2.13. The highest BCUT2D eigenvalue weighted by molar-refractivity contribution is 6.30. The van der Waals surface area contributed by atoms with E-state index >= 15 is 0 Å². The topological polar surface area (TPSA) is 106 Å². The zero-order valence-electron chi connectivity index (χ0n) is 16.1. The summed E-state index contributed by atoms with van der Waals surface area (Å²) in [6.45, 7) is 1.80. The molecule has 3 heterocycles. The number of aromatic nitrogens is 5. The standard InChI is InChI=1S/C19H18ClN7O3/c1-24-16(28)15(23-27(19(24)30)14-5-3-13(20)4-6-14)17(29)25-9-11-26(12-10-25)18-21-7-2-8-22-18/h2-8H,9-12H2,1H3. The molecule has 0 atom stereocenters. The molecule has 1 amide bonds. The van der Waals surface area contributed by atoms with E-state index < -0.39 is 17.2 Å². The molecule has 0 aliphatic carbocycles. The Kier molecular flexibility index (Phi) is 5.32. The van der Waals surface area contributed by atoms with Crippen LogP contribution in [0.15, 0.2) is 52.3 Å². The van der Waals surface area contributed by atoms with E-state index in [9.17, 15) is 14.4 Å². The van der Waals surface area contributed by atoms with Gasteiger partial charge in [0.05, 0.1) is 5.69 Å². The van der Waals surface area contributed by atoms with Gasteiger partial charge in [0.25, 0.3) is 11.5 Å². The first-order chi connectivity index (χ1) is 14.5. The van der Waals surface area contributed by atoms with E-state index in [1.165, 1.54) is 7.05 Å². The molecule has 0 bridgehead atoms. The van der Waals surface area contributed by atoms with Crippen LogP contribution in [0.2, 0.25) is 5.02 Å². The van der Waals surface area contributed by atoms with E-state index in [2.05, 4.69) is 15.1 Å². The molecule has 2 aromatic heterocycles. The van der Waals surface area contributed by atoms with Crippen LogP contribution >= 0.6 is 11.6 Å². The largest absolute Gasteiger partial charge is 0.351 e.